The van der Waals surface area contributed by atoms with Crippen LogP contribution in [-0.4, -0.2) is 20.9 Å². The van der Waals surface area contributed by atoms with E-state index in [1.54, 1.807) is 54.0 Å². The summed E-state index contributed by atoms with van der Waals surface area (Å²) in [6, 6.07) is 14.9. The van der Waals surface area contributed by atoms with Crippen molar-refractivity contribution in [3.05, 3.63) is 83.9 Å². The standard InChI is InChI=1S/C20H14FN5OS/c21-15-3-1-2-14(10-15)17-11-28-20(25-17)26-19(27)13-4-6-16(7-5-13)24-18-8-9-22-12-23-18/h1-12H,(H,22,23,24)(H,25,26,27). The highest BCUT2D eigenvalue weighted by molar-refractivity contribution is 7.14. The number of benzene rings is 2. The molecule has 2 heterocycles. The van der Waals surface area contributed by atoms with Crippen molar-refractivity contribution in [2.24, 2.45) is 0 Å². The molecule has 8 heteroatoms. The van der Waals surface area contributed by atoms with Crippen LogP contribution in [0.4, 0.5) is 21.0 Å². The van der Waals surface area contributed by atoms with E-state index >= 15 is 0 Å². The molecular weight excluding hydrogens is 377 g/mol. The number of carbonyl (C=O) groups excluding carboxylic acids is 1. The molecule has 1 amide bonds. The maximum Gasteiger partial charge on any atom is 0.257 e. The lowest BCUT2D eigenvalue weighted by atomic mass is 10.2. The maximum atomic E-state index is 13.4. The number of carbonyl (C=O) groups is 1. The van der Waals surface area contributed by atoms with Gasteiger partial charge in [0, 0.05) is 28.4 Å². The molecule has 138 valence electrons. The molecule has 0 aliphatic carbocycles. The lowest BCUT2D eigenvalue weighted by Crippen LogP contribution is -2.11. The molecule has 2 N–H and O–H groups in total. The minimum atomic E-state index is -0.327. The number of rotatable bonds is 5. The molecule has 6 nitrogen and oxygen atoms in total. The van der Waals surface area contributed by atoms with Gasteiger partial charge in [0.2, 0.25) is 0 Å². The van der Waals surface area contributed by atoms with Crippen molar-refractivity contribution >= 4 is 33.9 Å². The second-order valence-electron chi connectivity index (χ2n) is 5.80. The minimum absolute atomic E-state index is 0.270. The lowest BCUT2D eigenvalue weighted by molar-refractivity contribution is 0.102. The smallest absolute Gasteiger partial charge is 0.257 e. The number of halogens is 1. The predicted octanol–water partition coefficient (Wildman–Crippen LogP) is 4.74. The van der Waals surface area contributed by atoms with Gasteiger partial charge in [0.15, 0.2) is 5.13 Å². The molecule has 2 aromatic heterocycles. The van der Waals surface area contributed by atoms with E-state index in [9.17, 15) is 9.18 Å². The second-order valence-corrected chi connectivity index (χ2v) is 6.66. The van der Waals surface area contributed by atoms with Crippen LogP contribution in [0.25, 0.3) is 11.3 Å². The van der Waals surface area contributed by atoms with E-state index in [2.05, 4.69) is 25.6 Å². The van der Waals surface area contributed by atoms with Gasteiger partial charge in [-0.05, 0) is 42.5 Å². The summed E-state index contributed by atoms with van der Waals surface area (Å²) in [6.45, 7) is 0. The van der Waals surface area contributed by atoms with Crippen LogP contribution < -0.4 is 10.6 Å². The minimum Gasteiger partial charge on any atom is -0.340 e. The third-order valence-electron chi connectivity index (χ3n) is 3.85. The van der Waals surface area contributed by atoms with Crippen LogP contribution in [-0.2, 0) is 0 Å². The Morgan fingerprint density at radius 3 is 2.68 bits per heavy atom. The average molecular weight is 391 g/mol. The van der Waals surface area contributed by atoms with Crippen LogP contribution in [0.3, 0.4) is 0 Å². The summed E-state index contributed by atoms with van der Waals surface area (Å²) in [5.74, 6) is 0.0698. The predicted molar refractivity (Wildman–Crippen MR) is 107 cm³/mol. The summed E-state index contributed by atoms with van der Waals surface area (Å²) in [7, 11) is 0. The average Bonchev–Trinajstić information content (AvgIpc) is 3.18. The van der Waals surface area contributed by atoms with Gasteiger partial charge < -0.3 is 5.32 Å². The number of amides is 1. The lowest BCUT2D eigenvalue weighted by Gasteiger charge is -2.06. The first kappa shape index (κ1) is 17.7. The fourth-order valence-electron chi connectivity index (χ4n) is 2.50. The van der Waals surface area contributed by atoms with E-state index in [-0.39, 0.29) is 11.7 Å². The molecule has 0 bridgehead atoms. The number of hydrogen-bond donors (Lipinski definition) is 2. The van der Waals surface area contributed by atoms with E-state index in [1.165, 1.54) is 29.8 Å². The molecule has 0 aliphatic heterocycles. The Balaban J connectivity index is 1.42. The molecule has 4 rings (SSSR count). The van der Waals surface area contributed by atoms with Crippen molar-refractivity contribution < 1.29 is 9.18 Å². The Morgan fingerprint density at radius 2 is 1.93 bits per heavy atom. The number of nitrogens with zero attached hydrogens (tertiary/aromatic N) is 3. The quantitative estimate of drug-likeness (QED) is 0.514. The fraction of sp³-hybridized carbons (Fsp3) is 0. The van der Waals surface area contributed by atoms with Crippen LogP contribution in [0, 0.1) is 5.82 Å². The summed E-state index contributed by atoms with van der Waals surface area (Å²) < 4.78 is 13.4. The van der Waals surface area contributed by atoms with Crippen LogP contribution in [0.5, 0.6) is 0 Å². The second kappa shape index (κ2) is 7.93. The van der Waals surface area contributed by atoms with Gasteiger partial charge in [0.1, 0.15) is 18.0 Å². The molecule has 0 fully saturated rings. The number of hydrogen-bond acceptors (Lipinski definition) is 6. The summed E-state index contributed by atoms with van der Waals surface area (Å²) in [5.41, 5.74) is 2.58. The van der Waals surface area contributed by atoms with Crippen molar-refractivity contribution in [3.8, 4) is 11.3 Å². The topological polar surface area (TPSA) is 79.8 Å². The van der Waals surface area contributed by atoms with E-state index in [0.717, 1.165) is 5.69 Å². The maximum absolute atomic E-state index is 13.4. The highest BCUT2D eigenvalue weighted by Gasteiger charge is 2.10. The Labute approximate surface area is 164 Å². The third-order valence-corrected chi connectivity index (χ3v) is 4.60. The van der Waals surface area contributed by atoms with Crippen LogP contribution in [0.15, 0.2) is 72.5 Å². The largest absolute Gasteiger partial charge is 0.340 e. The summed E-state index contributed by atoms with van der Waals surface area (Å²) in [6.07, 6.45) is 3.10. The monoisotopic (exact) mass is 391 g/mol. The first-order valence-corrected chi connectivity index (χ1v) is 9.21. The molecule has 28 heavy (non-hydrogen) atoms. The zero-order valence-electron chi connectivity index (χ0n) is 14.5. The van der Waals surface area contributed by atoms with Gasteiger partial charge in [-0.3, -0.25) is 10.1 Å². The number of nitrogens with one attached hydrogen (secondary N) is 2. The summed E-state index contributed by atoms with van der Waals surface area (Å²) >= 11 is 1.29. The van der Waals surface area contributed by atoms with E-state index in [0.29, 0.717) is 27.8 Å². The molecule has 2 aromatic carbocycles. The molecule has 0 atom stereocenters. The highest BCUT2D eigenvalue weighted by Crippen LogP contribution is 2.26. The normalized spacial score (nSPS) is 10.5. The number of thiazole rings is 1. The van der Waals surface area contributed by atoms with Crippen molar-refractivity contribution in [1.82, 2.24) is 15.0 Å². The number of aromatic nitrogens is 3. The van der Waals surface area contributed by atoms with Crippen LogP contribution in [0.2, 0.25) is 0 Å². The summed E-state index contributed by atoms with van der Waals surface area (Å²) in [5, 5.41) is 8.12. The van der Waals surface area contributed by atoms with Crippen molar-refractivity contribution in [2.45, 2.75) is 0 Å². The first-order valence-electron chi connectivity index (χ1n) is 8.33. The zero-order valence-corrected chi connectivity index (χ0v) is 15.3. The Morgan fingerprint density at radius 1 is 1.07 bits per heavy atom. The van der Waals surface area contributed by atoms with Gasteiger partial charge in [-0.1, -0.05) is 12.1 Å². The first-order chi connectivity index (χ1) is 13.7. The van der Waals surface area contributed by atoms with Gasteiger partial charge in [-0.15, -0.1) is 11.3 Å². The highest BCUT2D eigenvalue weighted by atomic mass is 32.1. The molecule has 0 saturated carbocycles. The van der Waals surface area contributed by atoms with Crippen molar-refractivity contribution in [1.29, 1.82) is 0 Å². The Hall–Kier alpha value is -3.65. The van der Waals surface area contributed by atoms with Gasteiger partial charge in [0.05, 0.1) is 5.69 Å². The van der Waals surface area contributed by atoms with Gasteiger partial charge in [-0.25, -0.2) is 19.3 Å². The molecule has 0 saturated heterocycles. The molecule has 0 radical (unpaired) electrons. The zero-order chi connectivity index (χ0) is 19.3. The molecule has 0 spiro atoms. The van der Waals surface area contributed by atoms with Crippen molar-refractivity contribution in [3.63, 3.8) is 0 Å². The van der Waals surface area contributed by atoms with Crippen LogP contribution >= 0.6 is 11.3 Å². The third kappa shape index (κ3) is 4.18. The Kier molecular flexibility index (Phi) is 5.03. The Bertz CT molecular complexity index is 1100. The van der Waals surface area contributed by atoms with E-state index in [4.69, 9.17) is 0 Å². The SMILES string of the molecule is O=C(Nc1nc(-c2cccc(F)c2)cs1)c1ccc(Nc2ccncn2)cc1. The fourth-order valence-corrected chi connectivity index (χ4v) is 3.21. The molecule has 0 aliphatic rings. The van der Waals surface area contributed by atoms with Gasteiger partial charge in [0.25, 0.3) is 5.91 Å². The molecule has 0 unspecified atom stereocenters. The van der Waals surface area contributed by atoms with Gasteiger partial charge in [-0.2, -0.15) is 0 Å². The van der Waals surface area contributed by atoms with E-state index in [1.807, 2.05) is 0 Å². The van der Waals surface area contributed by atoms with Crippen molar-refractivity contribution in [2.75, 3.05) is 10.6 Å². The van der Waals surface area contributed by atoms with E-state index < -0.39 is 0 Å². The van der Waals surface area contributed by atoms with Gasteiger partial charge >= 0.3 is 0 Å². The van der Waals surface area contributed by atoms with Crippen LogP contribution in [0.1, 0.15) is 10.4 Å². The molecule has 4 aromatic rings. The number of anilines is 3. The molecular formula is C20H14FN5OS. The summed E-state index contributed by atoms with van der Waals surface area (Å²) in [4.78, 5) is 24.7.